The molecule has 0 unspecified atom stereocenters. The van der Waals surface area contributed by atoms with Gasteiger partial charge in [-0.1, -0.05) is 33.3 Å². The van der Waals surface area contributed by atoms with Gasteiger partial charge in [0.15, 0.2) is 0 Å². The molecule has 0 spiro atoms. The minimum absolute atomic E-state index is 0.256. The molecule has 1 aliphatic carbocycles. The van der Waals surface area contributed by atoms with E-state index in [0.717, 1.165) is 35.9 Å². The van der Waals surface area contributed by atoms with Crippen LogP contribution < -0.4 is 10.1 Å². The van der Waals surface area contributed by atoms with Gasteiger partial charge in [0.05, 0.1) is 16.6 Å². The van der Waals surface area contributed by atoms with Gasteiger partial charge in [0.2, 0.25) is 5.95 Å². The first-order chi connectivity index (χ1) is 17.3. The van der Waals surface area contributed by atoms with E-state index in [1.54, 1.807) is 12.1 Å². The van der Waals surface area contributed by atoms with Crippen LogP contribution in [0.5, 0.6) is 5.75 Å². The number of aryl methyl sites for hydroxylation is 1. The topological polar surface area (TPSA) is 59.3 Å². The van der Waals surface area contributed by atoms with Crippen molar-refractivity contribution in [2.45, 2.75) is 84.7 Å². The van der Waals surface area contributed by atoms with E-state index in [2.05, 4.69) is 53.6 Å². The summed E-state index contributed by atoms with van der Waals surface area (Å²) in [7, 11) is 0. The van der Waals surface area contributed by atoms with E-state index in [1.807, 2.05) is 13.8 Å². The van der Waals surface area contributed by atoms with Crippen LogP contribution in [-0.2, 0) is 6.42 Å². The molecule has 2 N–H and O–H groups in total. The van der Waals surface area contributed by atoms with Crippen molar-refractivity contribution >= 4 is 22.7 Å². The van der Waals surface area contributed by atoms with Gasteiger partial charge in [-0.15, -0.1) is 13.2 Å². The van der Waals surface area contributed by atoms with Gasteiger partial charge >= 0.3 is 6.36 Å². The predicted molar refractivity (Wildman–Crippen MR) is 141 cm³/mol. The number of halogens is 3. The molecule has 0 saturated heterocycles. The molecular formula is C29H38F3N3O2. The van der Waals surface area contributed by atoms with E-state index >= 15 is 0 Å². The Morgan fingerprint density at radius 3 is 2.43 bits per heavy atom. The molecule has 8 heteroatoms. The summed E-state index contributed by atoms with van der Waals surface area (Å²) < 4.78 is 44.1. The number of anilines is 2. The van der Waals surface area contributed by atoms with E-state index < -0.39 is 12.0 Å². The van der Waals surface area contributed by atoms with E-state index in [-0.39, 0.29) is 11.8 Å². The number of rotatable bonds is 8. The van der Waals surface area contributed by atoms with Crippen molar-refractivity contribution in [2.24, 2.45) is 17.8 Å². The van der Waals surface area contributed by atoms with Crippen molar-refractivity contribution in [3.05, 3.63) is 48.0 Å². The number of ether oxygens (including phenoxy) is 1. The molecule has 0 bridgehead atoms. The third kappa shape index (κ3) is 6.98. The second-order valence-electron chi connectivity index (χ2n) is 11.5. The number of hydrogen-bond acceptors (Lipinski definition) is 4. The quantitative estimate of drug-likeness (QED) is 0.318. The van der Waals surface area contributed by atoms with Crippen LogP contribution in [0.4, 0.5) is 24.8 Å². The zero-order valence-electron chi connectivity index (χ0n) is 22.3. The Morgan fingerprint density at radius 2 is 1.81 bits per heavy atom. The summed E-state index contributed by atoms with van der Waals surface area (Å²) in [6.45, 7) is 10.5. The molecule has 1 saturated carbocycles. The van der Waals surface area contributed by atoms with Crippen molar-refractivity contribution in [2.75, 3.05) is 5.32 Å². The number of nitrogens with one attached hydrogen (secondary N) is 1. The Hall–Kier alpha value is -2.74. The van der Waals surface area contributed by atoms with Crippen LogP contribution >= 0.6 is 0 Å². The monoisotopic (exact) mass is 517 g/mol. The number of imidazole rings is 1. The predicted octanol–water partition coefficient (Wildman–Crippen LogP) is 8.02. The van der Waals surface area contributed by atoms with Gasteiger partial charge in [0.1, 0.15) is 5.75 Å². The molecular weight excluding hydrogens is 479 g/mol. The Balaban J connectivity index is 1.72. The Labute approximate surface area is 217 Å². The van der Waals surface area contributed by atoms with Crippen LogP contribution in [-0.4, -0.2) is 26.6 Å². The highest BCUT2D eigenvalue weighted by atomic mass is 19.4. The fourth-order valence-corrected chi connectivity index (χ4v) is 5.49. The molecule has 1 heterocycles. The molecule has 0 amide bonds. The molecule has 4 rings (SSSR count). The van der Waals surface area contributed by atoms with Crippen molar-refractivity contribution in [1.29, 1.82) is 0 Å². The summed E-state index contributed by atoms with van der Waals surface area (Å²) in [6, 6.07) is 12.3. The van der Waals surface area contributed by atoms with Crippen LogP contribution in [0.3, 0.4) is 0 Å². The standard InChI is InChI=1S/C29H38F3N3O2/c1-18(2)23-12-6-19(3)16-26(23)35-25-13-7-20(14-15-28(4,5)36)17-24(25)34-27(35)33-21-8-10-22(11-9-21)37-29(30,31)32/h7-11,13,17-19,23,26,36H,6,12,14-16H2,1-5H3,(H,33,34)/t19-,23-,26-/m1/s1. The number of alkyl halides is 3. The van der Waals surface area contributed by atoms with Gasteiger partial charge < -0.3 is 19.7 Å². The Morgan fingerprint density at radius 1 is 1.11 bits per heavy atom. The number of aliphatic hydroxyl groups is 1. The highest BCUT2D eigenvalue weighted by Crippen LogP contribution is 2.44. The summed E-state index contributed by atoms with van der Waals surface area (Å²) >= 11 is 0. The molecule has 3 atom stereocenters. The Kier molecular flexibility index (Phi) is 7.79. The van der Waals surface area contributed by atoms with E-state index in [4.69, 9.17) is 4.98 Å². The Bertz CT molecular complexity index is 1200. The SMILES string of the molecule is CC(C)[C@H]1CC[C@@H](C)C[C@H]1n1c(Nc2ccc(OC(F)(F)F)cc2)nc2cc(CCC(C)(C)O)ccc21. The molecule has 202 valence electrons. The number of aromatic nitrogens is 2. The second kappa shape index (κ2) is 10.6. The lowest BCUT2D eigenvalue weighted by Crippen LogP contribution is -2.30. The zero-order chi connectivity index (χ0) is 27.0. The van der Waals surface area contributed by atoms with E-state index in [9.17, 15) is 18.3 Å². The fourth-order valence-electron chi connectivity index (χ4n) is 5.49. The lowest BCUT2D eigenvalue weighted by Gasteiger charge is -2.39. The van der Waals surface area contributed by atoms with Gasteiger partial charge in [-0.3, -0.25) is 0 Å². The smallest absolute Gasteiger partial charge is 0.406 e. The second-order valence-corrected chi connectivity index (χ2v) is 11.5. The van der Waals surface area contributed by atoms with Crippen LogP contribution in [0.25, 0.3) is 11.0 Å². The lowest BCUT2D eigenvalue weighted by molar-refractivity contribution is -0.274. The summed E-state index contributed by atoms with van der Waals surface area (Å²) in [4.78, 5) is 4.97. The molecule has 3 aromatic rings. The van der Waals surface area contributed by atoms with Crippen LogP contribution in [0.15, 0.2) is 42.5 Å². The molecule has 2 aromatic carbocycles. The largest absolute Gasteiger partial charge is 0.573 e. The van der Waals surface area contributed by atoms with Crippen molar-refractivity contribution in [1.82, 2.24) is 9.55 Å². The van der Waals surface area contributed by atoms with E-state index in [1.165, 1.54) is 18.6 Å². The third-order valence-corrected chi connectivity index (χ3v) is 7.44. The van der Waals surface area contributed by atoms with Gasteiger partial charge in [-0.05, 0) is 99.2 Å². The highest BCUT2D eigenvalue weighted by Gasteiger charge is 2.34. The molecule has 0 radical (unpaired) electrons. The maximum Gasteiger partial charge on any atom is 0.573 e. The van der Waals surface area contributed by atoms with Crippen molar-refractivity contribution in [3.63, 3.8) is 0 Å². The minimum Gasteiger partial charge on any atom is -0.406 e. The first-order valence-corrected chi connectivity index (χ1v) is 13.1. The number of fused-ring (bicyclic) bond motifs is 1. The first kappa shape index (κ1) is 27.3. The first-order valence-electron chi connectivity index (χ1n) is 13.1. The summed E-state index contributed by atoms with van der Waals surface area (Å²) in [5.41, 5.74) is 2.91. The van der Waals surface area contributed by atoms with Crippen molar-refractivity contribution < 1.29 is 23.0 Å². The van der Waals surface area contributed by atoms with E-state index in [0.29, 0.717) is 35.8 Å². The molecule has 37 heavy (non-hydrogen) atoms. The average molecular weight is 518 g/mol. The molecule has 5 nitrogen and oxygen atoms in total. The number of hydrogen-bond donors (Lipinski definition) is 2. The zero-order valence-corrected chi connectivity index (χ0v) is 22.3. The highest BCUT2D eigenvalue weighted by molar-refractivity contribution is 5.81. The lowest BCUT2D eigenvalue weighted by atomic mass is 9.74. The summed E-state index contributed by atoms with van der Waals surface area (Å²) in [5, 5.41) is 13.5. The average Bonchev–Trinajstić information content (AvgIpc) is 3.14. The maximum atomic E-state index is 12.6. The summed E-state index contributed by atoms with van der Waals surface area (Å²) in [5.74, 6) is 2.02. The van der Waals surface area contributed by atoms with Crippen LogP contribution in [0.1, 0.15) is 71.9 Å². The fraction of sp³-hybridized carbons (Fsp3) is 0.552. The van der Waals surface area contributed by atoms with Crippen LogP contribution in [0, 0.1) is 17.8 Å². The maximum absolute atomic E-state index is 12.6. The van der Waals surface area contributed by atoms with Gasteiger partial charge in [0.25, 0.3) is 0 Å². The normalized spacial score (nSPS) is 21.0. The number of benzene rings is 2. The number of nitrogens with zero attached hydrogens (tertiary/aromatic N) is 2. The molecule has 1 aromatic heterocycles. The minimum atomic E-state index is -4.73. The van der Waals surface area contributed by atoms with Crippen molar-refractivity contribution in [3.8, 4) is 5.75 Å². The van der Waals surface area contributed by atoms with Gasteiger partial charge in [0, 0.05) is 11.7 Å². The molecule has 1 fully saturated rings. The summed E-state index contributed by atoms with van der Waals surface area (Å²) in [6.07, 6.45) is 0.0561. The molecule has 0 aliphatic heterocycles. The third-order valence-electron chi connectivity index (χ3n) is 7.44. The van der Waals surface area contributed by atoms with Gasteiger partial charge in [-0.2, -0.15) is 0 Å². The van der Waals surface area contributed by atoms with Crippen LogP contribution in [0.2, 0.25) is 0 Å². The molecule has 1 aliphatic rings. The van der Waals surface area contributed by atoms with Gasteiger partial charge in [-0.25, -0.2) is 4.98 Å².